The van der Waals surface area contributed by atoms with Gasteiger partial charge < -0.3 is 10.2 Å². The zero-order chi connectivity index (χ0) is 13.7. The van der Waals surface area contributed by atoms with Gasteiger partial charge in [-0.05, 0) is 44.2 Å². The molecule has 1 aliphatic rings. The van der Waals surface area contributed by atoms with Crippen molar-refractivity contribution < 1.29 is 4.79 Å². The minimum Gasteiger partial charge on any atom is -0.372 e. The number of rotatable bonds is 5. The molecule has 0 heterocycles. The lowest BCUT2D eigenvalue weighted by Gasteiger charge is -2.33. The molecule has 1 fully saturated rings. The Morgan fingerprint density at radius 2 is 1.84 bits per heavy atom. The number of anilines is 1. The number of benzene rings is 1. The van der Waals surface area contributed by atoms with Crippen LogP contribution in [-0.4, -0.2) is 32.5 Å². The molecule has 104 valence electrons. The van der Waals surface area contributed by atoms with Crippen LogP contribution in [0.4, 0.5) is 5.69 Å². The van der Waals surface area contributed by atoms with Crippen molar-refractivity contribution in [3.8, 4) is 0 Å². The number of nitrogens with one attached hydrogen (secondary N) is 1. The summed E-state index contributed by atoms with van der Waals surface area (Å²) in [6.45, 7) is 0.401. The van der Waals surface area contributed by atoms with Crippen molar-refractivity contribution in [1.82, 2.24) is 5.32 Å². The summed E-state index contributed by atoms with van der Waals surface area (Å²) in [7, 11) is 3.96. The lowest BCUT2D eigenvalue weighted by molar-refractivity contribution is 0.0993. The first-order valence-electron chi connectivity index (χ1n) is 7.23. The summed E-state index contributed by atoms with van der Waals surface area (Å²) in [6, 6.07) is 8.67. The summed E-state index contributed by atoms with van der Waals surface area (Å²) in [5, 5.41) is 2.90. The van der Waals surface area contributed by atoms with Crippen LogP contribution >= 0.6 is 0 Å². The van der Waals surface area contributed by atoms with E-state index >= 15 is 0 Å². The molecule has 2 rings (SSSR count). The number of hydrogen-bond acceptors (Lipinski definition) is 3. The van der Waals surface area contributed by atoms with Gasteiger partial charge in [-0.2, -0.15) is 0 Å². The Balaban J connectivity index is 2.02. The summed E-state index contributed by atoms with van der Waals surface area (Å²) in [6.07, 6.45) is 6.64. The van der Waals surface area contributed by atoms with Crippen LogP contribution in [-0.2, 0) is 0 Å². The molecule has 0 radical (unpaired) electrons. The first-order valence-corrected chi connectivity index (χ1v) is 7.23. The van der Waals surface area contributed by atoms with Crippen molar-refractivity contribution in [2.24, 2.45) is 0 Å². The van der Waals surface area contributed by atoms with Crippen LogP contribution in [0.1, 0.15) is 42.5 Å². The second-order valence-electron chi connectivity index (χ2n) is 5.40. The van der Waals surface area contributed by atoms with E-state index in [4.69, 9.17) is 0 Å². The number of carbonyl (C=O) groups excluding carboxylic acids is 1. The third-order valence-electron chi connectivity index (χ3n) is 4.06. The maximum Gasteiger partial charge on any atom is 0.176 e. The highest BCUT2D eigenvalue weighted by atomic mass is 16.1. The fourth-order valence-electron chi connectivity index (χ4n) is 2.82. The first kappa shape index (κ1) is 14.1. The maximum absolute atomic E-state index is 11.8. The minimum atomic E-state index is 0.148. The van der Waals surface area contributed by atoms with Gasteiger partial charge in [-0.15, -0.1) is 0 Å². The van der Waals surface area contributed by atoms with Crippen molar-refractivity contribution in [2.45, 2.75) is 38.1 Å². The molecule has 0 spiro atoms. The van der Waals surface area contributed by atoms with E-state index in [1.165, 1.54) is 37.8 Å². The average Bonchev–Trinajstić information content (AvgIpc) is 2.48. The van der Waals surface area contributed by atoms with Crippen molar-refractivity contribution in [2.75, 3.05) is 25.5 Å². The Morgan fingerprint density at radius 1 is 1.21 bits per heavy atom. The third-order valence-corrected chi connectivity index (χ3v) is 4.06. The van der Waals surface area contributed by atoms with Gasteiger partial charge in [-0.3, -0.25) is 4.79 Å². The molecule has 0 aromatic heterocycles. The Kier molecular flexibility index (Phi) is 4.97. The monoisotopic (exact) mass is 260 g/mol. The van der Waals surface area contributed by atoms with Gasteiger partial charge in [0.2, 0.25) is 0 Å². The van der Waals surface area contributed by atoms with Crippen LogP contribution < -0.4 is 10.2 Å². The summed E-state index contributed by atoms with van der Waals surface area (Å²) in [4.78, 5) is 14.1. The predicted octanol–water partition coefficient (Wildman–Crippen LogP) is 2.86. The van der Waals surface area contributed by atoms with E-state index in [0.717, 1.165) is 5.56 Å². The van der Waals surface area contributed by atoms with Crippen molar-refractivity contribution in [1.29, 1.82) is 0 Å². The van der Waals surface area contributed by atoms with Crippen molar-refractivity contribution in [3.63, 3.8) is 0 Å². The predicted molar refractivity (Wildman–Crippen MR) is 80.0 cm³/mol. The molecule has 1 aromatic carbocycles. The van der Waals surface area contributed by atoms with Gasteiger partial charge in [0.05, 0.1) is 6.54 Å². The fraction of sp³-hybridized carbons (Fsp3) is 0.562. The van der Waals surface area contributed by atoms with Gasteiger partial charge in [0.25, 0.3) is 0 Å². The molecule has 0 saturated heterocycles. The lowest BCUT2D eigenvalue weighted by atomic mass is 9.94. The zero-order valence-corrected chi connectivity index (χ0v) is 12.0. The summed E-state index contributed by atoms with van der Waals surface area (Å²) >= 11 is 0. The van der Waals surface area contributed by atoms with Crippen LogP contribution in [0.5, 0.6) is 0 Å². The lowest BCUT2D eigenvalue weighted by Crippen LogP contribution is -2.33. The number of nitrogens with zero attached hydrogens (tertiary/aromatic N) is 1. The van der Waals surface area contributed by atoms with E-state index in [1.807, 2.05) is 12.1 Å². The average molecular weight is 260 g/mol. The highest BCUT2D eigenvalue weighted by Crippen LogP contribution is 2.26. The number of carbonyl (C=O) groups is 1. The van der Waals surface area contributed by atoms with Crippen LogP contribution in [0.25, 0.3) is 0 Å². The SMILES string of the molecule is CNCC(=O)c1ccc(N(C)C2CCCCC2)cc1. The summed E-state index contributed by atoms with van der Waals surface area (Å²) < 4.78 is 0. The van der Waals surface area contributed by atoms with Crippen molar-refractivity contribution >= 4 is 11.5 Å². The standard InChI is InChI=1S/C16H24N2O/c1-17-12-16(19)13-8-10-15(11-9-13)18(2)14-6-4-3-5-7-14/h8-11,14,17H,3-7,12H2,1-2H3. The normalized spacial score (nSPS) is 16.3. The third kappa shape index (κ3) is 3.57. The molecule has 0 atom stereocenters. The zero-order valence-electron chi connectivity index (χ0n) is 12.0. The van der Waals surface area contributed by atoms with Crippen molar-refractivity contribution in [3.05, 3.63) is 29.8 Å². The number of likely N-dealkylation sites (N-methyl/N-ethyl adjacent to an activating group) is 1. The molecule has 0 amide bonds. The smallest absolute Gasteiger partial charge is 0.176 e. The summed E-state index contributed by atoms with van der Waals surface area (Å²) in [5.74, 6) is 0.148. The molecule has 1 saturated carbocycles. The number of hydrogen-bond donors (Lipinski definition) is 1. The topological polar surface area (TPSA) is 32.3 Å². The molecule has 1 N–H and O–H groups in total. The van der Waals surface area contributed by atoms with Gasteiger partial charge in [-0.1, -0.05) is 19.3 Å². The summed E-state index contributed by atoms with van der Waals surface area (Å²) in [5.41, 5.74) is 2.00. The van der Waals surface area contributed by atoms with Gasteiger partial charge in [0, 0.05) is 24.3 Å². The fourth-order valence-corrected chi connectivity index (χ4v) is 2.82. The second-order valence-corrected chi connectivity index (χ2v) is 5.40. The quantitative estimate of drug-likeness (QED) is 0.826. The molecular weight excluding hydrogens is 236 g/mol. The molecule has 0 bridgehead atoms. The van der Waals surface area contributed by atoms with Gasteiger partial charge in [0.15, 0.2) is 5.78 Å². The Hall–Kier alpha value is -1.35. The number of ketones is 1. The number of Topliss-reactive ketones (excluding diaryl/α,β-unsaturated/α-hetero) is 1. The largest absolute Gasteiger partial charge is 0.372 e. The highest BCUT2D eigenvalue weighted by Gasteiger charge is 2.18. The van der Waals surface area contributed by atoms with Crippen LogP contribution in [0.15, 0.2) is 24.3 Å². The molecular formula is C16H24N2O. The Morgan fingerprint density at radius 3 is 2.42 bits per heavy atom. The Bertz CT molecular complexity index is 407. The molecule has 0 aliphatic heterocycles. The van der Waals surface area contributed by atoms with Gasteiger partial charge in [0.1, 0.15) is 0 Å². The van der Waals surface area contributed by atoms with E-state index in [0.29, 0.717) is 12.6 Å². The van der Waals surface area contributed by atoms with E-state index < -0.39 is 0 Å². The second kappa shape index (κ2) is 6.71. The molecule has 19 heavy (non-hydrogen) atoms. The maximum atomic E-state index is 11.8. The van der Waals surface area contributed by atoms with Crippen LogP contribution in [0, 0.1) is 0 Å². The highest BCUT2D eigenvalue weighted by molar-refractivity contribution is 5.97. The van der Waals surface area contributed by atoms with E-state index in [-0.39, 0.29) is 5.78 Å². The van der Waals surface area contributed by atoms with Crippen LogP contribution in [0.2, 0.25) is 0 Å². The van der Waals surface area contributed by atoms with Crippen LogP contribution in [0.3, 0.4) is 0 Å². The van der Waals surface area contributed by atoms with Gasteiger partial charge >= 0.3 is 0 Å². The molecule has 1 aromatic rings. The molecule has 3 nitrogen and oxygen atoms in total. The molecule has 1 aliphatic carbocycles. The molecule has 3 heteroatoms. The van der Waals surface area contributed by atoms with E-state index in [9.17, 15) is 4.79 Å². The van der Waals surface area contributed by atoms with E-state index in [2.05, 4.69) is 29.4 Å². The van der Waals surface area contributed by atoms with E-state index in [1.54, 1.807) is 7.05 Å². The molecule has 0 unspecified atom stereocenters. The minimum absolute atomic E-state index is 0.148. The Labute approximate surface area is 116 Å². The first-order chi connectivity index (χ1) is 9.22. The van der Waals surface area contributed by atoms with Gasteiger partial charge in [-0.25, -0.2) is 0 Å².